The van der Waals surface area contributed by atoms with Crippen molar-refractivity contribution in [3.05, 3.63) is 59.7 Å². The van der Waals surface area contributed by atoms with Crippen molar-refractivity contribution < 1.29 is 19.1 Å². The van der Waals surface area contributed by atoms with Gasteiger partial charge in [0, 0.05) is 11.4 Å². The highest BCUT2D eigenvalue weighted by molar-refractivity contribution is 6.11. The number of aryl methyl sites for hydroxylation is 1. The zero-order valence-corrected chi connectivity index (χ0v) is 19.1. The zero-order valence-electron chi connectivity index (χ0n) is 19.1. The number of anilines is 2. The first-order chi connectivity index (χ1) is 16.3. The normalized spacial score (nSPS) is 15.4. The Hall–Kier alpha value is -4.21. The van der Waals surface area contributed by atoms with E-state index in [0.29, 0.717) is 17.9 Å². The average Bonchev–Trinajstić information content (AvgIpc) is 3.13. The lowest BCUT2D eigenvalue weighted by Gasteiger charge is -2.08. The van der Waals surface area contributed by atoms with Crippen molar-refractivity contribution in [2.45, 2.75) is 39.2 Å². The molecule has 34 heavy (non-hydrogen) atoms. The van der Waals surface area contributed by atoms with Crippen LogP contribution in [-0.4, -0.2) is 42.4 Å². The van der Waals surface area contributed by atoms with Crippen LogP contribution in [0.5, 0.6) is 0 Å². The maximum absolute atomic E-state index is 12.4. The molecule has 10 heteroatoms. The molecule has 3 rings (SSSR count). The molecule has 1 heterocycles. The van der Waals surface area contributed by atoms with Crippen molar-refractivity contribution in [3.8, 4) is 0 Å². The molecule has 2 aromatic carbocycles. The lowest BCUT2D eigenvalue weighted by atomic mass is 10.2. The van der Waals surface area contributed by atoms with Crippen LogP contribution in [-0.2, 0) is 14.3 Å². The molecule has 0 fully saturated rings. The first kappa shape index (κ1) is 24.4. The number of ether oxygens (including phenoxy) is 1. The number of carbonyl (C=O) groups is 3. The summed E-state index contributed by atoms with van der Waals surface area (Å²) in [6, 6.07) is 13.0. The number of aliphatic imine (C=N–C) groups is 2. The summed E-state index contributed by atoms with van der Waals surface area (Å²) in [5.74, 6) is -1.17. The molecule has 0 unspecified atom stereocenters. The minimum atomic E-state index is -0.918. The molecule has 0 aromatic heterocycles. The van der Waals surface area contributed by atoms with Crippen molar-refractivity contribution in [1.82, 2.24) is 5.32 Å². The van der Waals surface area contributed by atoms with E-state index in [9.17, 15) is 14.4 Å². The predicted octanol–water partition coefficient (Wildman–Crippen LogP) is 2.56. The summed E-state index contributed by atoms with van der Waals surface area (Å²) >= 11 is 0. The molecular weight excluding hydrogens is 436 g/mol. The summed E-state index contributed by atoms with van der Waals surface area (Å²) < 4.78 is 5.16. The van der Waals surface area contributed by atoms with Crippen LogP contribution in [0.4, 0.5) is 11.4 Å². The first-order valence-corrected chi connectivity index (χ1v) is 11.0. The Morgan fingerprint density at radius 3 is 2.41 bits per heavy atom. The second-order valence-corrected chi connectivity index (χ2v) is 7.76. The van der Waals surface area contributed by atoms with Crippen molar-refractivity contribution >= 4 is 41.1 Å². The second-order valence-electron chi connectivity index (χ2n) is 7.76. The van der Waals surface area contributed by atoms with Crippen LogP contribution in [0.15, 0.2) is 58.5 Å². The number of carbonyl (C=O) groups excluding carboxylic acids is 3. The van der Waals surface area contributed by atoms with Gasteiger partial charge in [0.25, 0.3) is 5.91 Å². The number of benzene rings is 2. The van der Waals surface area contributed by atoms with Gasteiger partial charge in [0.05, 0.1) is 18.6 Å². The van der Waals surface area contributed by atoms with E-state index < -0.39 is 23.8 Å². The minimum absolute atomic E-state index is 0.0332. The summed E-state index contributed by atoms with van der Waals surface area (Å²) in [4.78, 5) is 44.7. The van der Waals surface area contributed by atoms with Gasteiger partial charge < -0.3 is 21.1 Å². The molecule has 1 atom stereocenters. The molecule has 10 nitrogen and oxygen atoms in total. The summed E-state index contributed by atoms with van der Waals surface area (Å²) in [5, 5.41) is 8.11. The standard InChI is InChI=1S/C24H28N6O4/c1-3-4-13-34-22(33)16-7-11-17(12-8-16)26-20(31)14-19-21(32)29-24(28-19)30-23(25)27-18-9-5-15(2)6-10-18/h5-12,19H,3-4,13-14H2,1-2H3,(H,26,31)(H4,25,27,28,29,30,32)/t19-/m0/s1. The van der Waals surface area contributed by atoms with Gasteiger partial charge in [0.1, 0.15) is 6.04 Å². The highest BCUT2D eigenvalue weighted by Gasteiger charge is 2.28. The summed E-state index contributed by atoms with van der Waals surface area (Å²) in [7, 11) is 0. The summed E-state index contributed by atoms with van der Waals surface area (Å²) in [6.45, 7) is 4.36. The molecule has 0 saturated carbocycles. The fraction of sp³-hybridized carbons (Fsp3) is 0.292. The van der Waals surface area contributed by atoms with E-state index in [-0.39, 0.29) is 18.3 Å². The van der Waals surface area contributed by atoms with Crippen LogP contribution < -0.4 is 21.7 Å². The maximum atomic E-state index is 12.4. The third kappa shape index (κ3) is 7.16. The number of hydrogen-bond donors (Lipinski definition) is 4. The molecule has 178 valence electrons. The van der Waals surface area contributed by atoms with Crippen LogP contribution in [0.3, 0.4) is 0 Å². The number of esters is 1. The van der Waals surface area contributed by atoms with Crippen LogP contribution in [0.2, 0.25) is 0 Å². The number of hydrogen-bond acceptors (Lipinski definition) is 6. The van der Waals surface area contributed by atoms with E-state index in [0.717, 1.165) is 24.1 Å². The van der Waals surface area contributed by atoms with E-state index in [1.807, 2.05) is 38.1 Å². The lowest BCUT2D eigenvalue weighted by molar-refractivity contribution is -0.123. The molecule has 1 aliphatic heterocycles. The molecule has 2 amide bonds. The fourth-order valence-electron chi connectivity index (χ4n) is 3.02. The summed E-state index contributed by atoms with van der Waals surface area (Å²) in [5.41, 5.74) is 8.61. The predicted molar refractivity (Wildman–Crippen MR) is 131 cm³/mol. The molecule has 2 aromatic rings. The number of guanidine groups is 2. The van der Waals surface area contributed by atoms with Gasteiger partial charge in [-0.05, 0) is 49.7 Å². The highest BCUT2D eigenvalue weighted by atomic mass is 16.5. The van der Waals surface area contributed by atoms with Gasteiger partial charge in [-0.1, -0.05) is 31.0 Å². The van der Waals surface area contributed by atoms with E-state index in [1.165, 1.54) is 0 Å². The molecule has 0 spiro atoms. The number of unbranched alkanes of at least 4 members (excludes halogenated alkanes) is 1. The van der Waals surface area contributed by atoms with Crippen molar-refractivity contribution in [3.63, 3.8) is 0 Å². The molecule has 1 aliphatic rings. The lowest BCUT2D eigenvalue weighted by Crippen LogP contribution is -2.32. The fourth-order valence-corrected chi connectivity index (χ4v) is 3.02. The molecular formula is C24H28N6O4. The average molecular weight is 465 g/mol. The third-order valence-corrected chi connectivity index (χ3v) is 4.88. The molecule has 0 radical (unpaired) electrons. The molecule has 5 N–H and O–H groups in total. The Balaban J connectivity index is 1.52. The van der Waals surface area contributed by atoms with Crippen molar-refractivity contribution in [2.75, 3.05) is 17.2 Å². The van der Waals surface area contributed by atoms with Gasteiger partial charge in [-0.15, -0.1) is 0 Å². The maximum Gasteiger partial charge on any atom is 0.338 e. The van der Waals surface area contributed by atoms with Crippen molar-refractivity contribution in [1.29, 1.82) is 0 Å². The zero-order chi connectivity index (χ0) is 24.5. The van der Waals surface area contributed by atoms with E-state index in [2.05, 4.69) is 25.9 Å². The van der Waals surface area contributed by atoms with Gasteiger partial charge in [-0.25, -0.2) is 9.79 Å². The Kier molecular flexibility index (Phi) is 8.33. The molecule has 0 aliphatic carbocycles. The van der Waals surface area contributed by atoms with Gasteiger partial charge in [0.2, 0.25) is 17.8 Å². The van der Waals surface area contributed by atoms with E-state index in [1.54, 1.807) is 24.3 Å². The van der Waals surface area contributed by atoms with Crippen LogP contribution >= 0.6 is 0 Å². The number of nitrogens with one attached hydrogen (secondary N) is 3. The number of rotatable bonds is 8. The number of nitrogens with two attached hydrogens (primary N) is 1. The monoisotopic (exact) mass is 464 g/mol. The van der Waals surface area contributed by atoms with Crippen LogP contribution in [0, 0.1) is 6.92 Å². The number of nitrogens with zero attached hydrogens (tertiary/aromatic N) is 2. The van der Waals surface area contributed by atoms with Gasteiger partial charge in [0.15, 0.2) is 0 Å². The van der Waals surface area contributed by atoms with Crippen LogP contribution in [0.25, 0.3) is 0 Å². The quantitative estimate of drug-likeness (QED) is 0.204. The topological polar surface area (TPSA) is 147 Å². The first-order valence-electron chi connectivity index (χ1n) is 11.0. The Morgan fingerprint density at radius 2 is 1.74 bits per heavy atom. The van der Waals surface area contributed by atoms with Gasteiger partial charge >= 0.3 is 5.97 Å². The largest absolute Gasteiger partial charge is 0.462 e. The number of amides is 2. The SMILES string of the molecule is CCCCOC(=O)c1ccc(NC(=O)C[C@@H]2N=C(N=C(N)Nc3ccc(C)cc3)NC2=O)cc1. The Labute approximate surface area is 197 Å². The Morgan fingerprint density at radius 1 is 1.09 bits per heavy atom. The van der Waals surface area contributed by atoms with Crippen LogP contribution in [0.1, 0.15) is 42.1 Å². The molecule has 0 bridgehead atoms. The minimum Gasteiger partial charge on any atom is -0.462 e. The third-order valence-electron chi connectivity index (χ3n) is 4.88. The smallest absolute Gasteiger partial charge is 0.338 e. The van der Waals surface area contributed by atoms with E-state index >= 15 is 0 Å². The van der Waals surface area contributed by atoms with E-state index in [4.69, 9.17) is 10.5 Å². The summed E-state index contributed by atoms with van der Waals surface area (Å²) in [6.07, 6.45) is 1.57. The van der Waals surface area contributed by atoms with Crippen molar-refractivity contribution in [2.24, 2.45) is 15.7 Å². The Bertz CT molecular complexity index is 1090. The molecule has 0 saturated heterocycles. The van der Waals surface area contributed by atoms with Gasteiger partial charge in [-0.2, -0.15) is 4.99 Å². The highest BCUT2D eigenvalue weighted by Crippen LogP contribution is 2.14. The van der Waals surface area contributed by atoms with Gasteiger partial charge in [-0.3, -0.25) is 14.9 Å². The second kappa shape index (κ2) is 11.6.